The highest BCUT2D eigenvalue weighted by atomic mass is 16.5. The van der Waals surface area contributed by atoms with Gasteiger partial charge < -0.3 is 14.7 Å². The number of hydrogen-bond acceptors (Lipinski definition) is 4. The lowest BCUT2D eigenvalue weighted by Crippen LogP contribution is -2.45. The van der Waals surface area contributed by atoms with Crippen LogP contribution in [0.5, 0.6) is 0 Å². The van der Waals surface area contributed by atoms with Crippen LogP contribution >= 0.6 is 0 Å². The first-order chi connectivity index (χ1) is 11.1. The second kappa shape index (κ2) is 9.38. The van der Waals surface area contributed by atoms with Crippen LogP contribution in [0, 0.1) is 18.8 Å². The van der Waals surface area contributed by atoms with Gasteiger partial charge in [0.15, 0.2) is 0 Å². The Morgan fingerprint density at radius 2 is 2.00 bits per heavy atom. The number of likely N-dealkylation sites (N-methyl/N-ethyl adjacent to an activating group) is 1. The summed E-state index contributed by atoms with van der Waals surface area (Å²) in [4.78, 5) is 4.86. The molecule has 0 aromatic heterocycles. The average Bonchev–Trinajstić information content (AvgIpc) is 2.55. The van der Waals surface area contributed by atoms with Gasteiger partial charge in [0.05, 0.1) is 6.61 Å². The number of aliphatic hydroxyl groups excluding tert-OH is 1. The number of hydrogen-bond donors (Lipinski definition) is 1. The highest BCUT2D eigenvalue weighted by molar-refractivity contribution is 5.25. The number of rotatable bonds is 8. The number of ether oxygens (including phenoxy) is 1. The molecule has 1 aliphatic rings. The summed E-state index contributed by atoms with van der Waals surface area (Å²) in [6, 6.07) is 8.61. The highest BCUT2D eigenvalue weighted by Crippen LogP contribution is 2.24. The molecule has 1 heterocycles. The van der Waals surface area contributed by atoms with Crippen molar-refractivity contribution in [1.82, 2.24) is 9.80 Å². The molecule has 0 unspecified atom stereocenters. The summed E-state index contributed by atoms with van der Waals surface area (Å²) in [5.74, 6) is 1.01. The normalized spacial score (nSPS) is 22.7. The first-order valence-corrected chi connectivity index (χ1v) is 8.67. The van der Waals surface area contributed by atoms with Crippen LogP contribution in [0.15, 0.2) is 24.3 Å². The van der Waals surface area contributed by atoms with Crippen LogP contribution < -0.4 is 0 Å². The molecule has 130 valence electrons. The molecule has 0 saturated carbocycles. The summed E-state index contributed by atoms with van der Waals surface area (Å²) in [5.41, 5.74) is 2.75. The summed E-state index contributed by atoms with van der Waals surface area (Å²) in [6.45, 7) is 8.40. The van der Waals surface area contributed by atoms with Gasteiger partial charge in [0, 0.05) is 46.4 Å². The molecule has 1 saturated heterocycles. The number of benzene rings is 1. The van der Waals surface area contributed by atoms with Crippen molar-refractivity contribution in [2.75, 3.05) is 53.6 Å². The van der Waals surface area contributed by atoms with Crippen LogP contribution in [-0.4, -0.2) is 68.5 Å². The van der Waals surface area contributed by atoms with Crippen molar-refractivity contribution in [2.24, 2.45) is 11.8 Å². The van der Waals surface area contributed by atoms with Crippen LogP contribution in [0.1, 0.15) is 17.5 Å². The van der Waals surface area contributed by atoms with E-state index < -0.39 is 0 Å². The Morgan fingerprint density at radius 3 is 2.70 bits per heavy atom. The van der Waals surface area contributed by atoms with E-state index in [1.165, 1.54) is 11.1 Å². The van der Waals surface area contributed by atoms with E-state index >= 15 is 0 Å². The smallest absolute Gasteiger partial charge is 0.0589 e. The Bertz CT molecular complexity index is 466. The fraction of sp³-hybridized carbons (Fsp3) is 0.684. The van der Waals surface area contributed by atoms with Gasteiger partial charge in [-0.2, -0.15) is 0 Å². The molecule has 1 aromatic carbocycles. The van der Waals surface area contributed by atoms with Crippen molar-refractivity contribution in [2.45, 2.75) is 19.9 Å². The van der Waals surface area contributed by atoms with E-state index in [1.807, 2.05) is 0 Å². The van der Waals surface area contributed by atoms with E-state index in [4.69, 9.17) is 4.74 Å². The highest BCUT2D eigenvalue weighted by Gasteiger charge is 2.27. The number of aryl methyl sites for hydroxylation is 1. The lowest BCUT2D eigenvalue weighted by atomic mass is 9.89. The SMILES string of the molecule is COCCN(C)C[C@@H]1C[C@@H](CO)CN(Cc2ccccc2C)C1. The van der Waals surface area contributed by atoms with E-state index in [2.05, 4.69) is 48.0 Å². The second-order valence-corrected chi connectivity index (χ2v) is 7.03. The van der Waals surface area contributed by atoms with Gasteiger partial charge in [-0.25, -0.2) is 0 Å². The lowest BCUT2D eigenvalue weighted by Gasteiger charge is -2.39. The topological polar surface area (TPSA) is 35.9 Å². The Balaban J connectivity index is 1.93. The zero-order chi connectivity index (χ0) is 16.7. The third-order valence-corrected chi connectivity index (χ3v) is 4.86. The molecule has 0 bridgehead atoms. The second-order valence-electron chi connectivity index (χ2n) is 7.03. The van der Waals surface area contributed by atoms with Gasteiger partial charge in [0.1, 0.15) is 0 Å². The largest absolute Gasteiger partial charge is 0.396 e. The lowest BCUT2D eigenvalue weighted by molar-refractivity contribution is 0.0614. The van der Waals surface area contributed by atoms with Crippen molar-refractivity contribution >= 4 is 0 Å². The Hall–Kier alpha value is -0.940. The van der Waals surface area contributed by atoms with E-state index in [0.717, 1.165) is 45.8 Å². The molecule has 0 radical (unpaired) electrons. The van der Waals surface area contributed by atoms with Crippen molar-refractivity contribution in [1.29, 1.82) is 0 Å². The molecule has 1 aliphatic heterocycles. The standard InChI is InChI=1S/C19H32N2O2/c1-16-6-4-5-7-19(16)14-21-12-17(10-18(13-21)15-22)11-20(2)8-9-23-3/h4-7,17-18,22H,8-15H2,1-3H3/t17-,18+/m0/s1. The van der Waals surface area contributed by atoms with Crippen LogP contribution in [-0.2, 0) is 11.3 Å². The number of likely N-dealkylation sites (tertiary alicyclic amines) is 1. The molecule has 4 heteroatoms. The minimum absolute atomic E-state index is 0.294. The minimum atomic E-state index is 0.294. The van der Waals surface area contributed by atoms with Crippen LogP contribution in [0.4, 0.5) is 0 Å². The fourth-order valence-corrected chi connectivity index (χ4v) is 3.63. The summed E-state index contributed by atoms with van der Waals surface area (Å²) < 4.78 is 5.17. The van der Waals surface area contributed by atoms with Gasteiger partial charge in [-0.05, 0) is 43.4 Å². The maximum atomic E-state index is 9.66. The van der Waals surface area contributed by atoms with Crippen LogP contribution in [0.25, 0.3) is 0 Å². The van der Waals surface area contributed by atoms with Gasteiger partial charge in [0.25, 0.3) is 0 Å². The maximum absolute atomic E-state index is 9.66. The molecule has 2 rings (SSSR count). The first-order valence-electron chi connectivity index (χ1n) is 8.67. The fourth-order valence-electron chi connectivity index (χ4n) is 3.63. The van der Waals surface area contributed by atoms with E-state index in [0.29, 0.717) is 18.4 Å². The summed E-state index contributed by atoms with van der Waals surface area (Å²) in [7, 11) is 3.91. The predicted octanol–water partition coefficient (Wildman–Crippen LogP) is 2.00. The first kappa shape index (κ1) is 18.4. The van der Waals surface area contributed by atoms with Crippen molar-refractivity contribution in [3.05, 3.63) is 35.4 Å². The van der Waals surface area contributed by atoms with Crippen molar-refractivity contribution in [3.8, 4) is 0 Å². The molecule has 1 fully saturated rings. The monoisotopic (exact) mass is 320 g/mol. The summed E-state index contributed by atoms with van der Waals surface area (Å²) in [5, 5.41) is 9.66. The molecule has 23 heavy (non-hydrogen) atoms. The van der Waals surface area contributed by atoms with Crippen LogP contribution in [0.2, 0.25) is 0 Å². The Morgan fingerprint density at radius 1 is 1.26 bits per heavy atom. The van der Waals surface area contributed by atoms with E-state index in [-0.39, 0.29) is 0 Å². The number of methoxy groups -OCH3 is 1. The molecule has 2 atom stereocenters. The van der Waals surface area contributed by atoms with Crippen molar-refractivity contribution < 1.29 is 9.84 Å². The van der Waals surface area contributed by atoms with E-state index in [9.17, 15) is 5.11 Å². The number of nitrogens with zero attached hydrogens (tertiary/aromatic N) is 2. The zero-order valence-electron chi connectivity index (χ0n) is 14.9. The average molecular weight is 320 g/mol. The minimum Gasteiger partial charge on any atom is -0.396 e. The molecular weight excluding hydrogens is 288 g/mol. The molecule has 0 spiro atoms. The van der Waals surface area contributed by atoms with Gasteiger partial charge >= 0.3 is 0 Å². The number of aliphatic hydroxyl groups is 1. The summed E-state index contributed by atoms with van der Waals surface area (Å²) in [6.07, 6.45) is 1.12. The predicted molar refractivity (Wildman–Crippen MR) is 94.5 cm³/mol. The zero-order valence-corrected chi connectivity index (χ0v) is 14.9. The van der Waals surface area contributed by atoms with Gasteiger partial charge in [-0.15, -0.1) is 0 Å². The Labute approximate surface area is 141 Å². The molecule has 0 amide bonds. The molecule has 4 nitrogen and oxygen atoms in total. The van der Waals surface area contributed by atoms with Crippen molar-refractivity contribution in [3.63, 3.8) is 0 Å². The van der Waals surface area contributed by atoms with Gasteiger partial charge in [-0.1, -0.05) is 24.3 Å². The molecule has 1 N–H and O–H groups in total. The maximum Gasteiger partial charge on any atom is 0.0589 e. The quantitative estimate of drug-likeness (QED) is 0.795. The molecule has 0 aliphatic carbocycles. The Kier molecular flexibility index (Phi) is 7.50. The summed E-state index contributed by atoms with van der Waals surface area (Å²) >= 11 is 0. The third kappa shape index (κ3) is 5.88. The van der Waals surface area contributed by atoms with Gasteiger partial charge in [0.2, 0.25) is 0 Å². The molecular formula is C19H32N2O2. The van der Waals surface area contributed by atoms with Crippen LogP contribution in [0.3, 0.4) is 0 Å². The molecule has 1 aromatic rings. The van der Waals surface area contributed by atoms with E-state index in [1.54, 1.807) is 7.11 Å². The van der Waals surface area contributed by atoms with Gasteiger partial charge in [-0.3, -0.25) is 4.90 Å². The number of piperidine rings is 1. The third-order valence-electron chi connectivity index (χ3n) is 4.86.